The first kappa shape index (κ1) is 10.4. The molecule has 0 radical (unpaired) electrons. The molecule has 2 amide bonds. The number of fused-ring (bicyclic) bond motifs is 1. The standard InChI is InChI=1S/C12H9ClN2O2/c13-6-1-2-10-7(3-6)9(5-14-10)8-4-11(16)15-12(8)17/h1-3,5,8,14H,4H2,(H,15,16,17)/t8-/m0/s1. The first-order valence-electron chi connectivity index (χ1n) is 5.25. The van der Waals surface area contributed by atoms with E-state index in [0.717, 1.165) is 16.5 Å². The van der Waals surface area contributed by atoms with E-state index in [1.165, 1.54) is 0 Å². The molecule has 1 aliphatic rings. The second-order valence-electron chi connectivity index (χ2n) is 4.10. The molecular weight excluding hydrogens is 240 g/mol. The topological polar surface area (TPSA) is 62.0 Å². The molecule has 0 spiro atoms. The van der Waals surface area contributed by atoms with Gasteiger partial charge >= 0.3 is 0 Å². The van der Waals surface area contributed by atoms with Gasteiger partial charge in [-0.25, -0.2) is 0 Å². The van der Waals surface area contributed by atoms with Crippen LogP contribution in [-0.2, 0) is 9.59 Å². The van der Waals surface area contributed by atoms with Gasteiger partial charge in [0.05, 0.1) is 5.92 Å². The summed E-state index contributed by atoms with van der Waals surface area (Å²) in [6.45, 7) is 0. The van der Waals surface area contributed by atoms with Gasteiger partial charge in [-0.2, -0.15) is 0 Å². The third-order valence-electron chi connectivity index (χ3n) is 3.02. The van der Waals surface area contributed by atoms with Crippen molar-refractivity contribution in [3.8, 4) is 0 Å². The number of aromatic amines is 1. The van der Waals surface area contributed by atoms with Gasteiger partial charge in [0, 0.05) is 28.5 Å². The SMILES string of the molecule is O=C1C[C@@H](c2c[nH]c3ccc(Cl)cc23)C(=O)N1. The van der Waals surface area contributed by atoms with E-state index < -0.39 is 5.92 Å². The van der Waals surface area contributed by atoms with E-state index in [1.807, 2.05) is 6.07 Å². The van der Waals surface area contributed by atoms with Gasteiger partial charge in [0.2, 0.25) is 11.8 Å². The fraction of sp³-hybridized carbons (Fsp3) is 0.167. The summed E-state index contributed by atoms with van der Waals surface area (Å²) < 4.78 is 0. The summed E-state index contributed by atoms with van der Waals surface area (Å²) in [6, 6.07) is 5.44. The maximum atomic E-state index is 11.6. The zero-order valence-electron chi connectivity index (χ0n) is 8.79. The maximum absolute atomic E-state index is 11.6. The van der Waals surface area contributed by atoms with Crippen LogP contribution in [0.1, 0.15) is 17.9 Å². The molecule has 0 unspecified atom stereocenters. The Morgan fingerprint density at radius 2 is 2.12 bits per heavy atom. The fourth-order valence-corrected chi connectivity index (χ4v) is 2.38. The molecule has 2 heterocycles. The Hall–Kier alpha value is -1.81. The number of hydrogen-bond donors (Lipinski definition) is 2. The van der Waals surface area contributed by atoms with Crippen LogP contribution < -0.4 is 5.32 Å². The van der Waals surface area contributed by atoms with Crippen LogP contribution in [-0.4, -0.2) is 16.8 Å². The second kappa shape index (κ2) is 3.60. The molecule has 1 fully saturated rings. The molecule has 1 atom stereocenters. The maximum Gasteiger partial charge on any atom is 0.234 e. The Bertz CT molecular complexity index is 632. The zero-order chi connectivity index (χ0) is 12.0. The average molecular weight is 249 g/mol. The third kappa shape index (κ3) is 1.61. The highest BCUT2D eigenvalue weighted by Crippen LogP contribution is 2.31. The Labute approximate surface area is 102 Å². The highest BCUT2D eigenvalue weighted by molar-refractivity contribution is 6.31. The third-order valence-corrected chi connectivity index (χ3v) is 3.25. The van der Waals surface area contributed by atoms with E-state index in [2.05, 4.69) is 10.3 Å². The monoisotopic (exact) mass is 248 g/mol. The van der Waals surface area contributed by atoms with Gasteiger partial charge in [-0.15, -0.1) is 0 Å². The van der Waals surface area contributed by atoms with Gasteiger partial charge in [0.25, 0.3) is 0 Å². The summed E-state index contributed by atoms with van der Waals surface area (Å²) in [6.07, 6.45) is 1.97. The number of benzene rings is 1. The number of H-pyrrole nitrogens is 1. The smallest absolute Gasteiger partial charge is 0.234 e. The van der Waals surface area contributed by atoms with Crippen molar-refractivity contribution in [3.63, 3.8) is 0 Å². The molecule has 0 aliphatic carbocycles. The van der Waals surface area contributed by atoms with Crippen LogP contribution in [0.2, 0.25) is 5.02 Å². The molecule has 0 bridgehead atoms. The quantitative estimate of drug-likeness (QED) is 0.758. The van der Waals surface area contributed by atoms with E-state index in [-0.39, 0.29) is 18.2 Å². The first-order valence-corrected chi connectivity index (χ1v) is 5.63. The number of rotatable bonds is 1. The lowest BCUT2D eigenvalue weighted by molar-refractivity contribution is -0.125. The molecule has 2 aromatic rings. The van der Waals surface area contributed by atoms with Crippen LogP contribution in [0.15, 0.2) is 24.4 Å². The van der Waals surface area contributed by atoms with Crippen molar-refractivity contribution in [1.82, 2.24) is 10.3 Å². The van der Waals surface area contributed by atoms with E-state index in [4.69, 9.17) is 11.6 Å². The minimum Gasteiger partial charge on any atom is -0.361 e. The van der Waals surface area contributed by atoms with Crippen LogP contribution in [0.3, 0.4) is 0 Å². The molecule has 86 valence electrons. The number of carbonyl (C=O) groups is 2. The van der Waals surface area contributed by atoms with Crippen molar-refractivity contribution in [2.45, 2.75) is 12.3 Å². The Kier molecular flexibility index (Phi) is 2.19. The van der Waals surface area contributed by atoms with Crippen molar-refractivity contribution >= 4 is 34.3 Å². The van der Waals surface area contributed by atoms with Crippen molar-refractivity contribution < 1.29 is 9.59 Å². The minimum atomic E-state index is -0.408. The lowest BCUT2D eigenvalue weighted by Crippen LogP contribution is -2.21. The molecule has 1 saturated heterocycles. The Balaban J connectivity index is 2.14. The molecule has 17 heavy (non-hydrogen) atoms. The number of imide groups is 1. The van der Waals surface area contributed by atoms with Gasteiger partial charge in [0.15, 0.2) is 0 Å². The number of aromatic nitrogens is 1. The number of halogens is 1. The van der Waals surface area contributed by atoms with E-state index in [1.54, 1.807) is 18.3 Å². The van der Waals surface area contributed by atoms with Crippen LogP contribution in [0.5, 0.6) is 0 Å². The average Bonchev–Trinajstić information content (AvgIpc) is 2.81. The summed E-state index contributed by atoms with van der Waals surface area (Å²) in [7, 11) is 0. The van der Waals surface area contributed by atoms with Gasteiger partial charge < -0.3 is 4.98 Å². The van der Waals surface area contributed by atoms with Crippen molar-refractivity contribution in [1.29, 1.82) is 0 Å². The highest BCUT2D eigenvalue weighted by Gasteiger charge is 2.33. The van der Waals surface area contributed by atoms with E-state index >= 15 is 0 Å². The van der Waals surface area contributed by atoms with Crippen molar-refractivity contribution in [2.75, 3.05) is 0 Å². The Morgan fingerprint density at radius 1 is 1.29 bits per heavy atom. The summed E-state index contributed by atoms with van der Waals surface area (Å²) in [5.74, 6) is -0.873. The van der Waals surface area contributed by atoms with Crippen LogP contribution in [0, 0.1) is 0 Å². The molecule has 3 rings (SSSR count). The largest absolute Gasteiger partial charge is 0.361 e. The molecular formula is C12H9ClN2O2. The van der Waals surface area contributed by atoms with Gasteiger partial charge in [-0.1, -0.05) is 11.6 Å². The molecule has 0 saturated carbocycles. The zero-order valence-corrected chi connectivity index (χ0v) is 9.54. The fourth-order valence-electron chi connectivity index (χ4n) is 2.21. The number of nitrogens with one attached hydrogen (secondary N) is 2. The summed E-state index contributed by atoms with van der Waals surface area (Å²) >= 11 is 5.94. The first-order chi connectivity index (χ1) is 8.15. The van der Waals surface area contributed by atoms with Crippen molar-refractivity contribution in [3.05, 3.63) is 35.0 Å². The molecule has 1 aromatic heterocycles. The van der Waals surface area contributed by atoms with Crippen LogP contribution >= 0.6 is 11.6 Å². The predicted molar refractivity (Wildman–Crippen MR) is 63.8 cm³/mol. The van der Waals surface area contributed by atoms with Crippen LogP contribution in [0.4, 0.5) is 0 Å². The summed E-state index contributed by atoms with van der Waals surface area (Å²) in [4.78, 5) is 25.9. The molecule has 5 heteroatoms. The van der Waals surface area contributed by atoms with Gasteiger partial charge in [-0.3, -0.25) is 14.9 Å². The molecule has 1 aromatic carbocycles. The molecule has 4 nitrogen and oxygen atoms in total. The van der Waals surface area contributed by atoms with E-state index in [0.29, 0.717) is 5.02 Å². The Morgan fingerprint density at radius 3 is 2.82 bits per heavy atom. The van der Waals surface area contributed by atoms with Gasteiger partial charge in [-0.05, 0) is 23.8 Å². The minimum absolute atomic E-state index is 0.207. The number of amides is 2. The molecule has 1 aliphatic heterocycles. The molecule has 2 N–H and O–H groups in total. The summed E-state index contributed by atoms with van der Waals surface area (Å²) in [5.41, 5.74) is 1.74. The van der Waals surface area contributed by atoms with Gasteiger partial charge in [0.1, 0.15) is 0 Å². The lowest BCUT2D eigenvalue weighted by Gasteiger charge is -2.03. The van der Waals surface area contributed by atoms with Crippen molar-refractivity contribution in [2.24, 2.45) is 0 Å². The second-order valence-corrected chi connectivity index (χ2v) is 4.54. The summed E-state index contributed by atoms with van der Waals surface area (Å²) in [5, 5.41) is 3.82. The number of hydrogen-bond acceptors (Lipinski definition) is 2. The van der Waals surface area contributed by atoms with E-state index in [9.17, 15) is 9.59 Å². The normalized spacial score (nSPS) is 19.9. The number of carbonyl (C=O) groups excluding carboxylic acids is 2. The highest BCUT2D eigenvalue weighted by atomic mass is 35.5. The lowest BCUT2D eigenvalue weighted by atomic mass is 9.97. The van der Waals surface area contributed by atoms with Crippen LogP contribution in [0.25, 0.3) is 10.9 Å². The predicted octanol–water partition coefficient (Wildman–Crippen LogP) is 1.95.